The zero-order valence-electron chi connectivity index (χ0n) is 15.2. The lowest BCUT2D eigenvalue weighted by Crippen LogP contribution is -2.46. The molecule has 3 aliphatic rings. The standard InChI is InChI=1S/C18H22F3N3O3/c1-9-3-4-24(9)17-16(27-2)13(6-14(22-17)18(19,20)21)23-7-11-10(5-15(25)26)12(11)8-23/h6,9-12H,3-5,7-8H2,1-2H3,(H,25,26)/t9-,10?,11?,12?/m0/s1. The van der Waals surface area contributed by atoms with Gasteiger partial charge in [-0.05, 0) is 37.2 Å². The van der Waals surface area contributed by atoms with Crippen LogP contribution < -0.4 is 14.5 Å². The highest BCUT2D eigenvalue weighted by Crippen LogP contribution is 2.56. The molecule has 2 aliphatic heterocycles. The summed E-state index contributed by atoms with van der Waals surface area (Å²) in [6.07, 6.45) is -3.51. The highest BCUT2D eigenvalue weighted by molar-refractivity contribution is 5.73. The van der Waals surface area contributed by atoms with Crippen molar-refractivity contribution in [1.82, 2.24) is 4.98 Å². The molecule has 1 saturated carbocycles. The molecule has 1 N–H and O–H groups in total. The number of alkyl halides is 3. The summed E-state index contributed by atoms with van der Waals surface area (Å²) in [5, 5.41) is 8.95. The van der Waals surface area contributed by atoms with E-state index in [0.29, 0.717) is 31.1 Å². The van der Waals surface area contributed by atoms with E-state index >= 15 is 0 Å². The van der Waals surface area contributed by atoms with Gasteiger partial charge in [0.25, 0.3) is 0 Å². The molecule has 3 fully saturated rings. The molecule has 0 spiro atoms. The van der Waals surface area contributed by atoms with Crippen molar-refractivity contribution < 1.29 is 27.8 Å². The van der Waals surface area contributed by atoms with Crippen LogP contribution in [0.5, 0.6) is 5.75 Å². The molecular weight excluding hydrogens is 363 g/mol. The number of aliphatic carboxylic acids is 1. The molecule has 1 aromatic rings. The summed E-state index contributed by atoms with van der Waals surface area (Å²) in [7, 11) is 1.45. The molecule has 1 aliphatic carbocycles. The fourth-order valence-corrected chi connectivity index (χ4v) is 4.46. The van der Waals surface area contributed by atoms with Crippen LogP contribution in [0.25, 0.3) is 0 Å². The predicted octanol–water partition coefficient (Wildman–Crippen LogP) is 2.86. The molecule has 148 valence electrons. The Hall–Kier alpha value is -2.19. The molecular formula is C18H22F3N3O3. The number of aromatic nitrogens is 1. The first-order valence-electron chi connectivity index (χ1n) is 9.10. The SMILES string of the molecule is COc1c(N2CC3C(CC(=O)O)C3C2)cc(C(F)(F)F)nc1N1CC[C@@H]1C. The number of rotatable bonds is 5. The van der Waals surface area contributed by atoms with E-state index in [9.17, 15) is 18.0 Å². The van der Waals surface area contributed by atoms with Gasteiger partial charge in [0, 0.05) is 32.1 Å². The Kier molecular flexibility index (Phi) is 4.16. The zero-order valence-corrected chi connectivity index (χ0v) is 15.2. The molecule has 2 saturated heterocycles. The van der Waals surface area contributed by atoms with Crippen LogP contribution in [0.4, 0.5) is 24.7 Å². The zero-order chi connectivity index (χ0) is 19.5. The maximum Gasteiger partial charge on any atom is 0.433 e. The Morgan fingerprint density at radius 3 is 2.48 bits per heavy atom. The van der Waals surface area contributed by atoms with Crippen molar-refractivity contribution in [3.8, 4) is 5.75 Å². The minimum absolute atomic E-state index is 0.120. The van der Waals surface area contributed by atoms with Gasteiger partial charge in [0.15, 0.2) is 11.6 Å². The van der Waals surface area contributed by atoms with Crippen LogP contribution in [0.2, 0.25) is 0 Å². The Labute approximate surface area is 154 Å². The second-order valence-electron chi connectivity index (χ2n) is 7.71. The fourth-order valence-electron chi connectivity index (χ4n) is 4.46. The normalized spacial score (nSPS) is 29.4. The van der Waals surface area contributed by atoms with E-state index in [-0.39, 0.29) is 36.0 Å². The number of carbonyl (C=O) groups is 1. The second kappa shape index (κ2) is 6.17. The number of halogens is 3. The number of fused-ring (bicyclic) bond motifs is 1. The van der Waals surface area contributed by atoms with E-state index in [1.54, 1.807) is 0 Å². The summed E-state index contributed by atoms with van der Waals surface area (Å²) in [5.41, 5.74) is -0.523. The van der Waals surface area contributed by atoms with Gasteiger partial charge in [0.1, 0.15) is 5.69 Å². The molecule has 0 amide bonds. The summed E-state index contributed by atoms with van der Waals surface area (Å²) in [6, 6.07) is 1.18. The van der Waals surface area contributed by atoms with Crippen LogP contribution in [-0.2, 0) is 11.0 Å². The molecule has 0 aromatic carbocycles. The quantitative estimate of drug-likeness (QED) is 0.841. The van der Waals surface area contributed by atoms with Crippen LogP contribution in [-0.4, -0.2) is 48.8 Å². The van der Waals surface area contributed by atoms with Gasteiger partial charge in [-0.25, -0.2) is 4.98 Å². The first-order chi connectivity index (χ1) is 12.7. The van der Waals surface area contributed by atoms with Crippen molar-refractivity contribution in [1.29, 1.82) is 0 Å². The van der Waals surface area contributed by atoms with Crippen molar-refractivity contribution in [2.24, 2.45) is 17.8 Å². The monoisotopic (exact) mass is 385 g/mol. The molecule has 3 atom stereocenters. The van der Waals surface area contributed by atoms with Crippen molar-refractivity contribution in [2.75, 3.05) is 36.5 Å². The minimum atomic E-state index is -4.54. The second-order valence-corrected chi connectivity index (χ2v) is 7.71. The molecule has 9 heteroatoms. The van der Waals surface area contributed by atoms with Gasteiger partial charge < -0.3 is 19.6 Å². The maximum atomic E-state index is 13.4. The summed E-state index contributed by atoms with van der Waals surface area (Å²) in [4.78, 5) is 18.5. The summed E-state index contributed by atoms with van der Waals surface area (Å²) in [6.45, 7) is 3.70. The van der Waals surface area contributed by atoms with Crippen LogP contribution >= 0.6 is 0 Å². The number of carboxylic acid groups (broad SMARTS) is 1. The Morgan fingerprint density at radius 2 is 2.04 bits per heavy atom. The Balaban J connectivity index is 1.66. The highest BCUT2D eigenvalue weighted by atomic mass is 19.4. The maximum absolute atomic E-state index is 13.4. The molecule has 27 heavy (non-hydrogen) atoms. The van der Waals surface area contributed by atoms with E-state index < -0.39 is 17.8 Å². The summed E-state index contributed by atoms with van der Waals surface area (Å²) < 4.78 is 45.8. The van der Waals surface area contributed by atoms with Gasteiger partial charge in [0.05, 0.1) is 12.8 Å². The minimum Gasteiger partial charge on any atom is -0.491 e. The number of ether oxygens (including phenoxy) is 1. The lowest BCUT2D eigenvalue weighted by Gasteiger charge is -2.41. The lowest BCUT2D eigenvalue weighted by molar-refractivity contribution is -0.141. The molecule has 2 unspecified atom stereocenters. The largest absolute Gasteiger partial charge is 0.491 e. The van der Waals surface area contributed by atoms with Crippen LogP contribution in [0.1, 0.15) is 25.5 Å². The summed E-state index contributed by atoms with van der Waals surface area (Å²) >= 11 is 0. The molecule has 0 bridgehead atoms. The van der Waals surface area contributed by atoms with Crippen LogP contribution in [0.15, 0.2) is 6.07 Å². The first kappa shape index (κ1) is 18.2. The van der Waals surface area contributed by atoms with Gasteiger partial charge in [-0.15, -0.1) is 0 Å². The van der Waals surface area contributed by atoms with Gasteiger partial charge in [-0.1, -0.05) is 0 Å². The number of pyridine rings is 1. The first-order valence-corrected chi connectivity index (χ1v) is 9.10. The molecule has 1 aromatic heterocycles. The fraction of sp³-hybridized carbons (Fsp3) is 0.667. The number of piperidine rings is 1. The van der Waals surface area contributed by atoms with Gasteiger partial charge >= 0.3 is 12.1 Å². The predicted molar refractivity (Wildman–Crippen MR) is 92.2 cm³/mol. The number of hydrogen-bond acceptors (Lipinski definition) is 5. The Bertz CT molecular complexity index is 758. The topological polar surface area (TPSA) is 65.9 Å². The van der Waals surface area contributed by atoms with Crippen LogP contribution in [0, 0.1) is 17.8 Å². The Morgan fingerprint density at radius 1 is 1.37 bits per heavy atom. The summed E-state index contributed by atoms with van der Waals surface area (Å²) in [5.74, 6) is 0.355. The van der Waals surface area contributed by atoms with E-state index in [2.05, 4.69) is 4.98 Å². The number of anilines is 2. The van der Waals surface area contributed by atoms with E-state index in [1.165, 1.54) is 7.11 Å². The number of carboxylic acids is 1. The third kappa shape index (κ3) is 3.06. The lowest BCUT2D eigenvalue weighted by atomic mass is 10.0. The van der Waals surface area contributed by atoms with E-state index in [1.807, 2.05) is 16.7 Å². The average Bonchev–Trinajstić information content (AvgIpc) is 3.02. The van der Waals surface area contributed by atoms with E-state index in [0.717, 1.165) is 12.5 Å². The average molecular weight is 385 g/mol. The van der Waals surface area contributed by atoms with Gasteiger partial charge in [-0.3, -0.25) is 4.79 Å². The molecule has 4 rings (SSSR count). The molecule has 0 radical (unpaired) electrons. The third-order valence-electron chi connectivity index (χ3n) is 6.14. The third-order valence-corrected chi connectivity index (χ3v) is 6.14. The van der Waals surface area contributed by atoms with Gasteiger partial charge in [-0.2, -0.15) is 13.2 Å². The number of hydrogen-bond donors (Lipinski definition) is 1. The van der Waals surface area contributed by atoms with Crippen molar-refractivity contribution in [3.05, 3.63) is 11.8 Å². The number of methoxy groups -OCH3 is 1. The molecule has 3 heterocycles. The van der Waals surface area contributed by atoms with Crippen molar-refractivity contribution in [2.45, 2.75) is 32.0 Å². The van der Waals surface area contributed by atoms with Crippen molar-refractivity contribution >= 4 is 17.5 Å². The van der Waals surface area contributed by atoms with E-state index in [4.69, 9.17) is 9.84 Å². The van der Waals surface area contributed by atoms with Gasteiger partial charge in [0.2, 0.25) is 0 Å². The smallest absolute Gasteiger partial charge is 0.433 e. The number of nitrogens with zero attached hydrogens (tertiary/aromatic N) is 3. The highest BCUT2D eigenvalue weighted by Gasteiger charge is 2.56. The van der Waals surface area contributed by atoms with Crippen LogP contribution in [0.3, 0.4) is 0 Å². The molecule has 6 nitrogen and oxygen atoms in total. The van der Waals surface area contributed by atoms with Crippen molar-refractivity contribution in [3.63, 3.8) is 0 Å².